The molecule has 0 amide bonds. The van der Waals surface area contributed by atoms with E-state index in [2.05, 4.69) is 19.6 Å². The summed E-state index contributed by atoms with van der Waals surface area (Å²) in [6.45, 7) is 13.0. The third-order valence-corrected chi connectivity index (χ3v) is 4.92. The quantitative estimate of drug-likeness (QED) is 0.218. The summed E-state index contributed by atoms with van der Waals surface area (Å²) in [5.74, 6) is -0.691. The number of hydrogen-bond donors (Lipinski definition) is 0. The molecule has 0 fully saturated rings. The zero-order valence-electron chi connectivity index (χ0n) is 16.2. The minimum absolute atomic E-state index is 0.0158. The van der Waals surface area contributed by atoms with E-state index in [9.17, 15) is 9.59 Å². The van der Waals surface area contributed by atoms with Gasteiger partial charge in [-0.2, -0.15) is 0 Å². The van der Waals surface area contributed by atoms with Crippen molar-refractivity contribution in [3.8, 4) is 5.75 Å². The lowest BCUT2D eigenvalue weighted by molar-refractivity contribution is -0.162. The van der Waals surface area contributed by atoms with Gasteiger partial charge in [0.2, 0.25) is 5.78 Å². The molecule has 6 heteroatoms. The molecule has 0 aromatic heterocycles. The fraction of sp³-hybridized carbons (Fsp3) is 0.579. The average Bonchev–Trinajstić information content (AvgIpc) is 2.45. The Kier molecular flexibility index (Phi) is 7.83. The fourth-order valence-electron chi connectivity index (χ4n) is 1.84. The van der Waals surface area contributed by atoms with Gasteiger partial charge >= 0.3 is 5.97 Å². The van der Waals surface area contributed by atoms with E-state index in [-0.39, 0.29) is 13.2 Å². The second-order valence-electron chi connectivity index (χ2n) is 8.23. The van der Waals surface area contributed by atoms with Gasteiger partial charge < -0.3 is 14.2 Å². The maximum Gasteiger partial charge on any atom is 0.375 e. The van der Waals surface area contributed by atoms with E-state index in [0.717, 1.165) is 11.6 Å². The number of ketones is 1. The Morgan fingerprint density at radius 2 is 1.64 bits per heavy atom. The molecule has 1 aromatic carbocycles. The van der Waals surface area contributed by atoms with Crippen LogP contribution in [0.4, 0.5) is 0 Å². The SMILES string of the molecule is CC(C)(C)OC(=O)C(=O)Cc1ccc(OCOCC[Si](C)(C)C)cc1. The van der Waals surface area contributed by atoms with Gasteiger partial charge in [0, 0.05) is 21.1 Å². The Hall–Kier alpha value is -1.66. The highest BCUT2D eigenvalue weighted by atomic mass is 28.3. The summed E-state index contributed by atoms with van der Waals surface area (Å²) < 4.78 is 16.1. The van der Waals surface area contributed by atoms with Crippen LogP contribution >= 0.6 is 0 Å². The van der Waals surface area contributed by atoms with Crippen molar-refractivity contribution < 1.29 is 23.8 Å². The number of esters is 1. The molecule has 0 radical (unpaired) electrons. The van der Waals surface area contributed by atoms with E-state index in [1.54, 1.807) is 45.0 Å². The monoisotopic (exact) mass is 366 g/mol. The van der Waals surface area contributed by atoms with Crippen LogP contribution in [0.15, 0.2) is 24.3 Å². The molecule has 0 saturated carbocycles. The molecule has 0 unspecified atom stereocenters. The number of benzene rings is 1. The predicted molar refractivity (Wildman–Crippen MR) is 101 cm³/mol. The Morgan fingerprint density at radius 1 is 1.04 bits per heavy atom. The molecular formula is C19H30O5Si. The van der Waals surface area contributed by atoms with Gasteiger partial charge in [0.1, 0.15) is 11.4 Å². The minimum Gasteiger partial charge on any atom is -0.468 e. The third-order valence-electron chi connectivity index (χ3n) is 3.22. The molecule has 1 rings (SSSR count). The summed E-state index contributed by atoms with van der Waals surface area (Å²) in [6.07, 6.45) is 0.0158. The number of carbonyl (C=O) groups excluding carboxylic acids is 2. The van der Waals surface area contributed by atoms with Crippen molar-refractivity contribution in [3.05, 3.63) is 29.8 Å². The molecule has 0 aliphatic rings. The molecule has 0 bridgehead atoms. The van der Waals surface area contributed by atoms with E-state index in [1.165, 1.54) is 0 Å². The average molecular weight is 367 g/mol. The van der Waals surface area contributed by atoms with Crippen LogP contribution in [-0.4, -0.2) is 38.8 Å². The lowest BCUT2D eigenvalue weighted by atomic mass is 10.1. The Labute approximate surface area is 151 Å². The van der Waals surface area contributed by atoms with Crippen molar-refractivity contribution in [2.75, 3.05) is 13.4 Å². The van der Waals surface area contributed by atoms with Gasteiger partial charge in [0.05, 0.1) is 0 Å². The second-order valence-corrected chi connectivity index (χ2v) is 13.8. The standard InChI is InChI=1S/C19H30O5Si/c1-19(2,3)24-18(21)17(20)13-15-7-9-16(10-8-15)23-14-22-11-12-25(4,5)6/h7-10H,11-14H2,1-6H3. The van der Waals surface area contributed by atoms with Crippen LogP contribution in [0.5, 0.6) is 5.75 Å². The van der Waals surface area contributed by atoms with Crippen LogP contribution in [0.1, 0.15) is 26.3 Å². The Morgan fingerprint density at radius 3 is 2.16 bits per heavy atom. The maximum atomic E-state index is 11.9. The molecule has 0 spiro atoms. The number of ether oxygens (including phenoxy) is 3. The van der Waals surface area contributed by atoms with Gasteiger partial charge in [-0.3, -0.25) is 4.79 Å². The first kappa shape index (κ1) is 21.4. The molecule has 0 aliphatic carbocycles. The lowest BCUT2D eigenvalue weighted by Crippen LogP contribution is -2.29. The Bertz CT molecular complexity index is 567. The number of rotatable bonds is 9. The van der Waals surface area contributed by atoms with Gasteiger partial charge in [-0.05, 0) is 44.5 Å². The summed E-state index contributed by atoms with van der Waals surface area (Å²) in [5, 5.41) is 0. The first-order chi connectivity index (χ1) is 11.5. The molecule has 0 heterocycles. The van der Waals surface area contributed by atoms with Gasteiger partial charge in [-0.25, -0.2) is 4.79 Å². The van der Waals surface area contributed by atoms with E-state index in [4.69, 9.17) is 14.2 Å². The highest BCUT2D eigenvalue weighted by Crippen LogP contribution is 2.14. The van der Waals surface area contributed by atoms with Crippen LogP contribution in [0.25, 0.3) is 0 Å². The highest BCUT2D eigenvalue weighted by molar-refractivity contribution is 6.76. The third kappa shape index (κ3) is 10.0. The Balaban J connectivity index is 2.38. The van der Waals surface area contributed by atoms with Crippen molar-refractivity contribution >= 4 is 19.8 Å². The summed E-state index contributed by atoms with van der Waals surface area (Å²) in [7, 11) is -1.08. The summed E-state index contributed by atoms with van der Waals surface area (Å²) in [4.78, 5) is 23.6. The van der Waals surface area contributed by atoms with Crippen LogP contribution in [0.3, 0.4) is 0 Å². The molecular weight excluding hydrogens is 336 g/mol. The first-order valence-corrected chi connectivity index (χ1v) is 12.2. The van der Waals surface area contributed by atoms with Crippen molar-refractivity contribution in [2.24, 2.45) is 0 Å². The van der Waals surface area contributed by atoms with E-state index >= 15 is 0 Å². The van der Waals surface area contributed by atoms with E-state index < -0.39 is 25.4 Å². The van der Waals surface area contributed by atoms with Crippen molar-refractivity contribution in [2.45, 2.75) is 58.5 Å². The zero-order valence-corrected chi connectivity index (χ0v) is 17.2. The van der Waals surface area contributed by atoms with Gasteiger partial charge in [-0.15, -0.1) is 0 Å². The number of Topliss-reactive ketones (excluding diaryl/α,β-unsaturated/α-hetero) is 1. The minimum atomic E-state index is -1.08. The van der Waals surface area contributed by atoms with Crippen LogP contribution in [0, 0.1) is 0 Å². The predicted octanol–water partition coefficient (Wildman–Crippen LogP) is 3.83. The molecule has 25 heavy (non-hydrogen) atoms. The maximum absolute atomic E-state index is 11.9. The molecule has 0 atom stereocenters. The van der Waals surface area contributed by atoms with Crippen LogP contribution < -0.4 is 4.74 Å². The molecule has 0 N–H and O–H groups in total. The molecule has 5 nitrogen and oxygen atoms in total. The zero-order chi connectivity index (χ0) is 19.1. The first-order valence-electron chi connectivity index (χ1n) is 8.52. The van der Waals surface area contributed by atoms with Crippen molar-refractivity contribution in [1.82, 2.24) is 0 Å². The normalized spacial score (nSPS) is 11.9. The molecule has 140 valence electrons. The molecule has 0 saturated heterocycles. The van der Waals surface area contributed by atoms with E-state index in [1.807, 2.05) is 0 Å². The lowest BCUT2D eigenvalue weighted by Gasteiger charge is -2.18. The number of carbonyl (C=O) groups is 2. The topological polar surface area (TPSA) is 61.8 Å². The molecule has 0 aliphatic heterocycles. The van der Waals surface area contributed by atoms with E-state index in [0.29, 0.717) is 12.4 Å². The van der Waals surface area contributed by atoms with Crippen molar-refractivity contribution in [1.29, 1.82) is 0 Å². The highest BCUT2D eigenvalue weighted by Gasteiger charge is 2.22. The summed E-state index contributed by atoms with van der Waals surface area (Å²) in [5.41, 5.74) is 0.0720. The number of hydrogen-bond acceptors (Lipinski definition) is 5. The summed E-state index contributed by atoms with van der Waals surface area (Å²) >= 11 is 0. The van der Waals surface area contributed by atoms with Gasteiger partial charge in [0.25, 0.3) is 0 Å². The molecule has 1 aromatic rings. The van der Waals surface area contributed by atoms with Gasteiger partial charge in [0.15, 0.2) is 6.79 Å². The van der Waals surface area contributed by atoms with Gasteiger partial charge in [-0.1, -0.05) is 31.8 Å². The van der Waals surface area contributed by atoms with Crippen molar-refractivity contribution in [3.63, 3.8) is 0 Å². The van der Waals surface area contributed by atoms with Crippen LogP contribution in [0.2, 0.25) is 25.7 Å². The smallest absolute Gasteiger partial charge is 0.375 e. The van der Waals surface area contributed by atoms with Crippen LogP contribution in [-0.2, 0) is 25.5 Å². The second kappa shape index (κ2) is 9.15. The fourth-order valence-corrected chi connectivity index (χ4v) is 2.60. The summed E-state index contributed by atoms with van der Waals surface area (Å²) in [6, 6.07) is 8.15. The largest absolute Gasteiger partial charge is 0.468 e.